The van der Waals surface area contributed by atoms with E-state index in [2.05, 4.69) is 19.1 Å². The highest BCUT2D eigenvalue weighted by Crippen LogP contribution is 2.15. The fraction of sp³-hybridized carbons (Fsp3) is 0.385. The molecule has 0 radical (unpaired) electrons. The molecule has 0 fully saturated rings. The number of halogens is 2. The predicted octanol–water partition coefficient (Wildman–Crippen LogP) is 4.70. The molecule has 15 heavy (non-hydrogen) atoms. The summed E-state index contributed by atoms with van der Waals surface area (Å²) in [4.78, 5) is 0. The molecule has 1 atom stereocenters. The Kier molecular flexibility index (Phi) is 5.41. The average Bonchev–Trinajstić information content (AvgIpc) is 2.25. The van der Waals surface area contributed by atoms with Crippen molar-refractivity contribution in [1.82, 2.24) is 0 Å². The summed E-state index contributed by atoms with van der Waals surface area (Å²) in [5, 5.41) is -0.596. The molecule has 1 unspecified atom stereocenters. The Balaban J connectivity index is 2.28. The third kappa shape index (κ3) is 5.58. The second-order valence-electron chi connectivity index (χ2n) is 3.86. The lowest BCUT2D eigenvalue weighted by Gasteiger charge is -2.08. The van der Waals surface area contributed by atoms with Gasteiger partial charge < -0.3 is 0 Å². The van der Waals surface area contributed by atoms with Gasteiger partial charge in [-0.15, -0.1) is 0 Å². The number of hydrogen-bond acceptors (Lipinski definition) is 0. The fourth-order valence-electron chi connectivity index (χ4n) is 1.47. The van der Waals surface area contributed by atoms with Crippen LogP contribution in [-0.4, -0.2) is 0 Å². The fourth-order valence-corrected chi connectivity index (χ4v) is 1.55. The molecule has 1 rings (SSSR count). The Morgan fingerprint density at radius 3 is 2.67 bits per heavy atom. The van der Waals surface area contributed by atoms with Crippen molar-refractivity contribution in [2.24, 2.45) is 5.92 Å². The molecule has 2 heteroatoms. The zero-order valence-corrected chi connectivity index (χ0v) is 9.67. The summed E-state index contributed by atoms with van der Waals surface area (Å²) in [6.45, 7) is 2.11. The van der Waals surface area contributed by atoms with Crippen molar-refractivity contribution in [3.63, 3.8) is 0 Å². The lowest BCUT2D eigenvalue weighted by atomic mass is 9.98. The van der Waals surface area contributed by atoms with Gasteiger partial charge in [-0.25, -0.2) is 0 Å². The zero-order valence-electron chi connectivity index (χ0n) is 8.92. The van der Waals surface area contributed by atoms with Crippen molar-refractivity contribution in [1.29, 1.82) is 0 Å². The van der Waals surface area contributed by atoms with Crippen LogP contribution in [0.4, 0.5) is 4.39 Å². The molecule has 0 spiro atoms. The Labute approximate surface area is 95.8 Å². The quantitative estimate of drug-likeness (QED) is 0.683. The van der Waals surface area contributed by atoms with E-state index in [0.29, 0.717) is 12.3 Å². The minimum absolute atomic E-state index is 0.467. The largest absolute Gasteiger partial charge is 0.194 e. The molecule has 0 aliphatic carbocycles. The Bertz CT molecular complexity index is 302. The highest BCUT2D eigenvalue weighted by molar-refractivity contribution is 6.28. The van der Waals surface area contributed by atoms with E-state index in [4.69, 9.17) is 11.6 Å². The van der Waals surface area contributed by atoms with Gasteiger partial charge in [0.1, 0.15) is 0 Å². The van der Waals surface area contributed by atoms with Gasteiger partial charge in [-0.3, -0.25) is 0 Å². The summed E-state index contributed by atoms with van der Waals surface area (Å²) in [6.07, 6.45) is 4.25. The van der Waals surface area contributed by atoms with Crippen molar-refractivity contribution < 1.29 is 4.39 Å². The maximum absolute atomic E-state index is 12.3. The van der Waals surface area contributed by atoms with Gasteiger partial charge in [-0.2, -0.15) is 4.39 Å². The smallest absolute Gasteiger partial charge is 0.185 e. The van der Waals surface area contributed by atoms with Gasteiger partial charge in [-0.1, -0.05) is 48.9 Å². The summed E-state index contributed by atoms with van der Waals surface area (Å²) < 4.78 is 12.3. The maximum Gasteiger partial charge on any atom is 0.185 e. The van der Waals surface area contributed by atoms with Crippen LogP contribution in [0.25, 0.3) is 0 Å². The minimum Gasteiger partial charge on any atom is -0.194 e. The Morgan fingerprint density at radius 2 is 2.07 bits per heavy atom. The van der Waals surface area contributed by atoms with Gasteiger partial charge in [0.15, 0.2) is 5.29 Å². The molecule has 0 heterocycles. The van der Waals surface area contributed by atoms with Gasteiger partial charge in [0.2, 0.25) is 0 Å². The van der Waals surface area contributed by atoms with Crippen molar-refractivity contribution in [2.45, 2.75) is 26.2 Å². The highest BCUT2D eigenvalue weighted by atomic mass is 35.5. The number of rotatable bonds is 5. The first-order chi connectivity index (χ1) is 7.18. The second kappa shape index (κ2) is 6.62. The first-order valence-electron chi connectivity index (χ1n) is 5.23. The van der Waals surface area contributed by atoms with Crippen LogP contribution >= 0.6 is 11.6 Å². The Morgan fingerprint density at radius 1 is 1.40 bits per heavy atom. The van der Waals surface area contributed by atoms with Gasteiger partial charge in [-0.05, 0) is 36.8 Å². The molecular formula is C13H16ClF. The number of aryl methyl sites for hydroxylation is 1. The predicted molar refractivity (Wildman–Crippen MR) is 63.6 cm³/mol. The zero-order chi connectivity index (χ0) is 11.1. The van der Waals surface area contributed by atoms with Gasteiger partial charge >= 0.3 is 0 Å². The molecular weight excluding hydrogens is 211 g/mol. The molecule has 0 amide bonds. The van der Waals surface area contributed by atoms with Crippen molar-refractivity contribution in [3.8, 4) is 0 Å². The van der Waals surface area contributed by atoms with Gasteiger partial charge in [0.05, 0.1) is 0 Å². The van der Waals surface area contributed by atoms with Crippen LogP contribution in [0.1, 0.15) is 25.3 Å². The van der Waals surface area contributed by atoms with E-state index in [1.165, 1.54) is 11.6 Å². The molecule has 82 valence electrons. The summed E-state index contributed by atoms with van der Waals surface area (Å²) in [5.41, 5.74) is 1.33. The number of hydrogen-bond donors (Lipinski definition) is 0. The van der Waals surface area contributed by atoms with Crippen LogP contribution in [0.3, 0.4) is 0 Å². The third-order valence-electron chi connectivity index (χ3n) is 2.44. The van der Waals surface area contributed by atoms with E-state index in [1.54, 1.807) is 0 Å². The average molecular weight is 227 g/mol. The summed E-state index contributed by atoms with van der Waals surface area (Å²) >= 11 is 5.13. The standard InChI is InChI=1S/C13H16ClF/c1-11(8-10-13(14)15)7-9-12-5-3-2-4-6-12/h2-6,10-11H,7-9H2,1H3/b13-10-. The Hall–Kier alpha value is -0.820. The third-order valence-corrected chi connectivity index (χ3v) is 2.60. The van der Waals surface area contributed by atoms with Gasteiger partial charge in [0.25, 0.3) is 0 Å². The molecule has 0 aromatic heterocycles. The van der Waals surface area contributed by atoms with Crippen LogP contribution in [0, 0.1) is 5.92 Å². The lowest BCUT2D eigenvalue weighted by Crippen LogP contribution is -1.95. The summed E-state index contributed by atoms with van der Waals surface area (Å²) in [5.74, 6) is 0.467. The van der Waals surface area contributed by atoms with Crippen LogP contribution in [0.15, 0.2) is 41.7 Å². The van der Waals surface area contributed by atoms with Crippen molar-refractivity contribution >= 4 is 11.6 Å². The highest BCUT2D eigenvalue weighted by Gasteiger charge is 2.01. The van der Waals surface area contributed by atoms with E-state index >= 15 is 0 Å². The molecule has 1 aromatic rings. The van der Waals surface area contributed by atoms with E-state index < -0.39 is 5.29 Å². The van der Waals surface area contributed by atoms with E-state index in [0.717, 1.165) is 12.8 Å². The number of allylic oxidation sites excluding steroid dienone is 1. The molecule has 0 aliphatic rings. The molecule has 0 bridgehead atoms. The van der Waals surface area contributed by atoms with Crippen molar-refractivity contribution in [3.05, 3.63) is 47.3 Å². The molecule has 0 saturated heterocycles. The van der Waals surface area contributed by atoms with E-state index in [1.807, 2.05) is 18.2 Å². The van der Waals surface area contributed by atoms with Crippen molar-refractivity contribution in [2.75, 3.05) is 0 Å². The van der Waals surface area contributed by atoms with Crippen LogP contribution in [-0.2, 0) is 6.42 Å². The van der Waals surface area contributed by atoms with E-state index in [9.17, 15) is 4.39 Å². The minimum atomic E-state index is -0.596. The van der Waals surface area contributed by atoms with Crippen LogP contribution < -0.4 is 0 Å². The normalized spacial score (nSPS) is 13.9. The monoisotopic (exact) mass is 226 g/mol. The summed E-state index contributed by atoms with van der Waals surface area (Å²) in [7, 11) is 0. The second-order valence-corrected chi connectivity index (χ2v) is 4.22. The molecule has 0 aliphatic heterocycles. The summed E-state index contributed by atoms with van der Waals surface area (Å²) in [6, 6.07) is 10.3. The van der Waals surface area contributed by atoms with Gasteiger partial charge in [0, 0.05) is 0 Å². The van der Waals surface area contributed by atoms with Crippen LogP contribution in [0.2, 0.25) is 0 Å². The number of benzene rings is 1. The van der Waals surface area contributed by atoms with E-state index in [-0.39, 0.29) is 0 Å². The molecule has 0 saturated carbocycles. The lowest BCUT2D eigenvalue weighted by molar-refractivity contribution is 0.534. The topological polar surface area (TPSA) is 0 Å². The molecule has 0 nitrogen and oxygen atoms in total. The first-order valence-corrected chi connectivity index (χ1v) is 5.61. The SMILES string of the molecule is CC(C/C=C(\F)Cl)CCc1ccccc1. The van der Waals surface area contributed by atoms with Crippen LogP contribution in [0.5, 0.6) is 0 Å². The first kappa shape index (κ1) is 12.3. The maximum atomic E-state index is 12.3. The molecule has 0 N–H and O–H groups in total. The molecule has 1 aromatic carbocycles.